The number of ether oxygens (including phenoxy) is 2. The zero-order valence-corrected chi connectivity index (χ0v) is 14.4. The Balaban J connectivity index is 1.71. The number of Topliss-reactive ketones (excluding diaryl/α,β-unsaturated/α-hetero) is 1. The molecule has 1 saturated heterocycles. The van der Waals surface area contributed by atoms with E-state index in [9.17, 15) is 9.59 Å². The summed E-state index contributed by atoms with van der Waals surface area (Å²) in [6, 6.07) is 10.7. The minimum Gasteiger partial charge on any atom is -0.481 e. The number of hydrogen-bond donors (Lipinski definition) is 1. The van der Waals surface area contributed by atoms with Crippen LogP contribution in [0.1, 0.15) is 41.7 Å². The number of aromatic nitrogens is 1. The minimum atomic E-state index is -1.13. The Labute approximate surface area is 151 Å². The number of carboxylic acid groups (broad SMARTS) is 1. The molecule has 3 rings (SSSR count). The molecule has 136 valence electrons. The number of carbonyl (C=O) groups is 2. The van der Waals surface area contributed by atoms with E-state index >= 15 is 0 Å². The summed E-state index contributed by atoms with van der Waals surface area (Å²) in [5, 5.41) is 8.78. The Morgan fingerprint density at radius 1 is 1.19 bits per heavy atom. The van der Waals surface area contributed by atoms with Crippen LogP contribution in [0.2, 0.25) is 0 Å². The molecule has 0 spiro atoms. The summed E-state index contributed by atoms with van der Waals surface area (Å²) in [4.78, 5) is 27.0. The molecule has 6 heteroatoms. The van der Waals surface area contributed by atoms with Crippen molar-refractivity contribution in [3.63, 3.8) is 0 Å². The van der Waals surface area contributed by atoms with E-state index in [0.29, 0.717) is 12.2 Å². The molecule has 0 radical (unpaired) electrons. The monoisotopic (exact) mass is 355 g/mol. The average Bonchev–Trinajstić information content (AvgIpc) is 2.67. The van der Waals surface area contributed by atoms with E-state index in [1.54, 1.807) is 24.4 Å². The Bertz CT molecular complexity index is 783. The second-order valence-corrected chi connectivity index (χ2v) is 6.22. The van der Waals surface area contributed by atoms with Crippen molar-refractivity contribution in [2.45, 2.75) is 38.6 Å². The highest BCUT2D eigenvalue weighted by molar-refractivity contribution is 6.06. The van der Waals surface area contributed by atoms with E-state index in [1.165, 1.54) is 0 Å². The van der Waals surface area contributed by atoms with Gasteiger partial charge in [0.1, 0.15) is 6.42 Å². The molecular weight excluding hydrogens is 334 g/mol. The van der Waals surface area contributed by atoms with Gasteiger partial charge in [0.2, 0.25) is 0 Å². The normalized spacial score (nSPS) is 17.0. The number of benzene rings is 1. The van der Waals surface area contributed by atoms with Crippen LogP contribution in [0.3, 0.4) is 0 Å². The van der Waals surface area contributed by atoms with Crippen LogP contribution in [0.25, 0.3) is 11.1 Å². The third-order valence-corrected chi connectivity index (χ3v) is 4.20. The smallest absolute Gasteiger partial charge is 0.311 e. The fourth-order valence-corrected chi connectivity index (χ4v) is 2.87. The summed E-state index contributed by atoms with van der Waals surface area (Å²) in [6.07, 6.45) is 4.08. The van der Waals surface area contributed by atoms with Crippen molar-refractivity contribution in [3.05, 3.63) is 53.9 Å². The van der Waals surface area contributed by atoms with Gasteiger partial charge < -0.3 is 14.6 Å². The summed E-state index contributed by atoms with van der Waals surface area (Å²) in [5.74, 6) is -1.54. The van der Waals surface area contributed by atoms with E-state index in [4.69, 9.17) is 14.6 Å². The van der Waals surface area contributed by atoms with Gasteiger partial charge in [0, 0.05) is 18.4 Å². The van der Waals surface area contributed by atoms with Crippen molar-refractivity contribution in [2.24, 2.45) is 0 Å². The van der Waals surface area contributed by atoms with Crippen molar-refractivity contribution < 1.29 is 24.2 Å². The molecule has 6 nitrogen and oxygen atoms in total. The van der Waals surface area contributed by atoms with Crippen LogP contribution in [0.5, 0.6) is 0 Å². The minimum absolute atomic E-state index is 0.175. The second-order valence-electron chi connectivity index (χ2n) is 6.22. The number of nitrogens with zero attached hydrogens (tertiary/aromatic N) is 1. The molecule has 1 unspecified atom stereocenters. The van der Waals surface area contributed by atoms with Crippen molar-refractivity contribution in [3.8, 4) is 11.1 Å². The summed E-state index contributed by atoms with van der Waals surface area (Å²) >= 11 is 0. The maximum atomic E-state index is 12.0. The third kappa shape index (κ3) is 4.97. The molecule has 1 atom stereocenters. The average molecular weight is 355 g/mol. The van der Waals surface area contributed by atoms with Crippen LogP contribution in [-0.4, -0.2) is 34.7 Å². The molecule has 1 aliphatic rings. The van der Waals surface area contributed by atoms with Gasteiger partial charge in [0.15, 0.2) is 12.1 Å². The molecule has 0 bridgehead atoms. The van der Waals surface area contributed by atoms with E-state index in [-0.39, 0.29) is 6.29 Å². The Kier molecular flexibility index (Phi) is 6.09. The lowest BCUT2D eigenvalue weighted by Gasteiger charge is -2.22. The van der Waals surface area contributed by atoms with Crippen LogP contribution in [0.4, 0.5) is 0 Å². The van der Waals surface area contributed by atoms with E-state index in [2.05, 4.69) is 4.98 Å². The standard InChI is InChI=1S/C20H21NO5/c22-18(12-19(23)24)16-5-3-4-14(10-16)15-7-8-21-17(11-15)13-26-20-6-1-2-9-25-20/h3-5,7-8,10-11,20H,1-2,6,9,12-13H2,(H,23,24). The predicted octanol–water partition coefficient (Wildman–Crippen LogP) is 3.45. The topological polar surface area (TPSA) is 85.7 Å². The molecule has 0 saturated carbocycles. The van der Waals surface area contributed by atoms with Gasteiger partial charge in [-0.1, -0.05) is 18.2 Å². The summed E-state index contributed by atoms with van der Waals surface area (Å²) in [6.45, 7) is 1.09. The van der Waals surface area contributed by atoms with Crippen molar-refractivity contribution in [1.29, 1.82) is 0 Å². The van der Waals surface area contributed by atoms with E-state index in [1.807, 2.05) is 18.2 Å². The number of aliphatic carboxylic acids is 1. The van der Waals surface area contributed by atoms with Gasteiger partial charge in [0.05, 0.1) is 12.3 Å². The first-order valence-corrected chi connectivity index (χ1v) is 8.65. The number of ketones is 1. The predicted molar refractivity (Wildman–Crippen MR) is 94.6 cm³/mol. The molecule has 1 fully saturated rings. The highest BCUT2D eigenvalue weighted by atomic mass is 16.7. The van der Waals surface area contributed by atoms with Gasteiger partial charge in [-0.2, -0.15) is 0 Å². The first-order valence-electron chi connectivity index (χ1n) is 8.65. The zero-order valence-electron chi connectivity index (χ0n) is 14.4. The van der Waals surface area contributed by atoms with Gasteiger partial charge >= 0.3 is 5.97 Å². The first-order chi connectivity index (χ1) is 12.6. The fraction of sp³-hybridized carbons (Fsp3) is 0.350. The Morgan fingerprint density at radius 3 is 2.81 bits per heavy atom. The number of carbonyl (C=O) groups excluding carboxylic acids is 1. The molecule has 2 heterocycles. The molecule has 1 N–H and O–H groups in total. The molecule has 0 aliphatic carbocycles. The first kappa shape index (κ1) is 18.2. The van der Waals surface area contributed by atoms with Crippen LogP contribution in [0, 0.1) is 0 Å². The number of hydrogen-bond acceptors (Lipinski definition) is 5. The lowest BCUT2D eigenvalue weighted by Crippen LogP contribution is -2.22. The van der Waals surface area contributed by atoms with Gasteiger partial charge in [-0.3, -0.25) is 14.6 Å². The number of carboxylic acids is 1. The molecule has 1 aliphatic heterocycles. The number of pyridine rings is 1. The molecule has 1 aromatic carbocycles. The van der Waals surface area contributed by atoms with Crippen LogP contribution in [0.15, 0.2) is 42.6 Å². The van der Waals surface area contributed by atoms with Gasteiger partial charge in [-0.25, -0.2) is 0 Å². The van der Waals surface area contributed by atoms with Crippen LogP contribution < -0.4 is 0 Å². The lowest BCUT2D eigenvalue weighted by atomic mass is 10.0. The lowest BCUT2D eigenvalue weighted by molar-refractivity contribution is -0.169. The van der Waals surface area contributed by atoms with Crippen molar-refractivity contribution in [1.82, 2.24) is 4.98 Å². The quantitative estimate of drug-likeness (QED) is 0.605. The van der Waals surface area contributed by atoms with Gasteiger partial charge in [0.25, 0.3) is 0 Å². The highest BCUT2D eigenvalue weighted by Gasteiger charge is 2.15. The second kappa shape index (κ2) is 8.69. The molecule has 1 aromatic heterocycles. The summed E-state index contributed by atoms with van der Waals surface area (Å²) in [7, 11) is 0. The molecule has 0 amide bonds. The molecule has 26 heavy (non-hydrogen) atoms. The SMILES string of the molecule is O=C(O)CC(=O)c1cccc(-c2ccnc(COC3CCCCO3)c2)c1. The van der Waals surface area contributed by atoms with Crippen LogP contribution in [-0.2, 0) is 20.9 Å². The summed E-state index contributed by atoms with van der Waals surface area (Å²) in [5.41, 5.74) is 2.89. The highest BCUT2D eigenvalue weighted by Crippen LogP contribution is 2.22. The van der Waals surface area contributed by atoms with E-state index < -0.39 is 18.2 Å². The largest absolute Gasteiger partial charge is 0.481 e. The fourth-order valence-electron chi connectivity index (χ4n) is 2.87. The van der Waals surface area contributed by atoms with Crippen LogP contribution >= 0.6 is 0 Å². The van der Waals surface area contributed by atoms with Crippen molar-refractivity contribution >= 4 is 11.8 Å². The maximum Gasteiger partial charge on any atom is 0.311 e. The molecule has 2 aromatic rings. The van der Waals surface area contributed by atoms with Gasteiger partial charge in [-0.15, -0.1) is 0 Å². The molecular formula is C20H21NO5. The Hall–Kier alpha value is -2.57. The van der Waals surface area contributed by atoms with E-state index in [0.717, 1.165) is 42.7 Å². The van der Waals surface area contributed by atoms with Crippen molar-refractivity contribution in [2.75, 3.05) is 6.61 Å². The summed E-state index contributed by atoms with van der Waals surface area (Å²) < 4.78 is 11.3. The zero-order chi connectivity index (χ0) is 18.4. The Morgan fingerprint density at radius 2 is 2.04 bits per heavy atom. The third-order valence-electron chi connectivity index (χ3n) is 4.20. The number of rotatable bonds is 7. The maximum absolute atomic E-state index is 12.0. The van der Waals surface area contributed by atoms with Gasteiger partial charge in [-0.05, 0) is 48.6 Å².